The summed E-state index contributed by atoms with van der Waals surface area (Å²) >= 11 is 0. The topological polar surface area (TPSA) is 0 Å². The van der Waals surface area contributed by atoms with Crippen LogP contribution in [0.3, 0.4) is 0 Å². The molecule has 0 heteroatoms. The molecule has 2 aromatic carbocycles. The average Bonchev–Trinajstić information content (AvgIpc) is 3.24. The first-order valence-corrected chi connectivity index (χ1v) is 9.04. The molecule has 1 atom stereocenters. The first kappa shape index (κ1) is 15.2. The van der Waals surface area contributed by atoms with Crippen LogP contribution in [-0.2, 0) is 0 Å². The molecular weight excluding hydrogens is 288 g/mol. The van der Waals surface area contributed by atoms with Crippen LogP contribution in [0.2, 0.25) is 0 Å². The summed E-state index contributed by atoms with van der Waals surface area (Å²) < 4.78 is 0. The molecule has 2 aliphatic rings. The second-order valence-electron chi connectivity index (χ2n) is 6.98. The van der Waals surface area contributed by atoms with E-state index in [4.69, 9.17) is 0 Å². The molecule has 0 saturated carbocycles. The highest BCUT2D eigenvalue weighted by atomic mass is 14.3. The molecule has 0 fully saturated rings. The fourth-order valence-corrected chi connectivity index (χ4v) is 4.16. The van der Waals surface area contributed by atoms with E-state index in [1.54, 1.807) is 0 Å². The van der Waals surface area contributed by atoms with Gasteiger partial charge in [-0.1, -0.05) is 91.9 Å². The average molecular weight is 312 g/mol. The maximum atomic E-state index is 2.41. The Morgan fingerprint density at radius 1 is 0.875 bits per heavy atom. The maximum Gasteiger partial charge on any atom is 0.0133 e. The van der Waals surface area contributed by atoms with Gasteiger partial charge in [0.15, 0.2) is 0 Å². The number of fused-ring (bicyclic) bond motifs is 3. The number of hydrogen-bond acceptors (Lipinski definition) is 0. The molecule has 0 spiro atoms. The molecule has 4 rings (SSSR count). The van der Waals surface area contributed by atoms with Gasteiger partial charge in [-0.25, -0.2) is 0 Å². The predicted molar refractivity (Wildman–Crippen MR) is 103 cm³/mol. The van der Waals surface area contributed by atoms with Gasteiger partial charge >= 0.3 is 0 Å². The monoisotopic (exact) mass is 312 g/mol. The van der Waals surface area contributed by atoms with Crippen molar-refractivity contribution in [2.24, 2.45) is 11.8 Å². The molecule has 1 unspecified atom stereocenters. The molecule has 0 amide bonds. The van der Waals surface area contributed by atoms with Crippen LogP contribution in [-0.4, -0.2) is 0 Å². The second kappa shape index (κ2) is 6.65. The van der Waals surface area contributed by atoms with Crippen molar-refractivity contribution in [1.82, 2.24) is 0 Å². The summed E-state index contributed by atoms with van der Waals surface area (Å²) in [6.07, 6.45) is 15.8. The first-order valence-electron chi connectivity index (χ1n) is 9.04. The van der Waals surface area contributed by atoms with Crippen molar-refractivity contribution in [1.29, 1.82) is 0 Å². The van der Waals surface area contributed by atoms with Crippen molar-refractivity contribution >= 4 is 0 Å². The van der Waals surface area contributed by atoms with Crippen LogP contribution >= 0.6 is 0 Å². The van der Waals surface area contributed by atoms with Gasteiger partial charge in [0.1, 0.15) is 0 Å². The first-order chi connectivity index (χ1) is 11.8. The van der Waals surface area contributed by atoms with Crippen molar-refractivity contribution < 1.29 is 0 Å². The van der Waals surface area contributed by atoms with Gasteiger partial charge in [0.2, 0.25) is 0 Å². The van der Waals surface area contributed by atoms with Crippen LogP contribution in [0.4, 0.5) is 0 Å². The Morgan fingerprint density at radius 2 is 1.46 bits per heavy atom. The number of hydrogen-bond donors (Lipinski definition) is 0. The highest BCUT2D eigenvalue weighted by Gasteiger charge is 2.31. The Balaban J connectivity index is 1.50. The van der Waals surface area contributed by atoms with Gasteiger partial charge in [0.25, 0.3) is 0 Å². The second-order valence-corrected chi connectivity index (χ2v) is 6.98. The van der Waals surface area contributed by atoms with E-state index in [0.717, 1.165) is 6.42 Å². The summed E-state index contributed by atoms with van der Waals surface area (Å²) in [5.74, 6) is 1.69. The van der Waals surface area contributed by atoms with E-state index in [2.05, 4.69) is 91.9 Å². The van der Waals surface area contributed by atoms with Crippen molar-refractivity contribution in [3.05, 3.63) is 96.1 Å². The van der Waals surface area contributed by atoms with Crippen LogP contribution in [0.5, 0.6) is 0 Å². The summed E-state index contributed by atoms with van der Waals surface area (Å²) in [6.45, 7) is 2.41. The van der Waals surface area contributed by atoms with E-state index in [-0.39, 0.29) is 0 Å². The zero-order valence-corrected chi connectivity index (χ0v) is 14.2. The lowest BCUT2D eigenvalue weighted by Gasteiger charge is -2.21. The molecule has 0 bridgehead atoms. The largest absolute Gasteiger partial charge is 0.0876 e. The van der Waals surface area contributed by atoms with Crippen LogP contribution < -0.4 is 0 Å². The standard InChI is InChI=1S/C24H24/c1-18(10-2-3-11-19-12-4-5-13-19)24-22-16-8-6-14-20(22)21-15-7-9-17-23(21)24/h3-9,11-19,24H,2,10H2,1H3. The summed E-state index contributed by atoms with van der Waals surface area (Å²) in [4.78, 5) is 0. The maximum absolute atomic E-state index is 2.41. The fraction of sp³-hybridized carbons (Fsp3) is 0.250. The molecule has 0 heterocycles. The molecule has 0 saturated heterocycles. The van der Waals surface area contributed by atoms with Gasteiger partial charge in [-0.2, -0.15) is 0 Å². The highest BCUT2D eigenvalue weighted by Crippen LogP contribution is 2.48. The van der Waals surface area contributed by atoms with Gasteiger partial charge in [0.05, 0.1) is 0 Å². The molecule has 120 valence electrons. The molecular formula is C24H24. The van der Waals surface area contributed by atoms with Crippen molar-refractivity contribution in [2.45, 2.75) is 25.7 Å². The van der Waals surface area contributed by atoms with Crippen LogP contribution in [0, 0.1) is 11.8 Å². The Labute approximate surface area is 145 Å². The quantitative estimate of drug-likeness (QED) is 0.552. The van der Waals surface area contributed by atoms with Crippen molar-refractivity contribution in [3.8, 4) is 11.1 Å². The molecule has 2 aliphatic carbocycles. The van der Waals surface area contributed by atoms with E-state index in [9.17, 15) is 0 Å². The van der Waals surface area contributed by atoms with Gasteiger partial charge < -0.3 is 0 Å². The Hall–Kier alpha value is -2.34. The van der Waals surface area contributed by atoms with Crippen molar-refractivity contribution in [3.63, 3.8) is 0 Å². The Kier molecular flexibility index (Phi) is 4.21. The summed E-state index contributed by atoms with van der Waals surface area (Å²) in [7, 11) is 0. The number of rotatable bonds is 5. The summed E-state index contributed by atoms with van der Waals surface area (Å²) in [5, 5.41) is 0. The van der Waals surface area contributed by atoms with Gasteiger partial charge in [0, 0.05) is 11.8 Å². The Morgan fingerprint density at radius 3 is 2.08 bits per heavy atom. The zero-order chi connectivity index (χ0) is 16.4. The van der Waals surface area contributed by atoms with Crippen LogP contribution in [0.15, 0.2) is 85.0 Å². The van der Waals surface area contributed by atoms with Crippen LogP contribution in [0.25, 0.3) is 11.1 Å². The minimum Gasteiger partial charge on any atom is -0.0876 e. The molecule has 0 radical (unpaired) electrons. The third-order valence-electron chi connectivity index (χ3n) is 5.38. The minimum atomic E-state index is 0.508. The smallest absolute Gasteiger partial charge is 0.0133 e. The van der Waals surface area contributed by atoms with E-state index >= 15 is 0 Å². The third kappa shape index (κ3) is 2.78. The number of benzene rings is 2. The van der Waals surface area contributed by atoms with Crippen LogP contribution in [0.1, 0.15) is 36.8 Å². The third-order valence-corrected chi connectivity index (χ3v) is 5.38. The zero-order valence-electron chi connectivity index (χ0n) is 14.2. The normalized spacial score (nSPS) is 17.5. The van der Waals surface area contributed by atoms with Gasteiger partial charge in [-0.15, -0.1) is 0 Å². The summed E-state index contributed by atoms with van der Waals surface area (Å²) in [5.41, 5.74) is 5.89. The van der Waals surface area contributed by atoms with E-state index < -0.39 is 0 Å². The Bertz CT molecular complexity index is 749. The van der Waals surface area contributed by atoms with Gasteiger partial charge in [-0.05, 0) is 41.0 Å². The molecule has 24 heavy (non-hydrogen) atoms. The molecule has 0 nitrogen and oxygen atoms in total. The minimum absolute atomic E-state index is 0.508. The fourth-order valence-electron chi connectivity index (χ4n) is 4.16. The van der Waals surface area contributed by atoms with Gasteiger partial charge in [-0.3, -0.25) is 0 Å². The number of allylic oxidation sites excluding steroid dienone is 6. The van der Waals surface area contributed by atoms with E-state index in [1.165, 1.54) is 28.7 Å². The van der Waals surface area contributed by atoms with E-state index in [0.29, 0.717) is 17.8 Å². The lowest BCUT2D eigenvalue weighted by Crippen LogP contribution is -2.08. The lowest BCUT2D eigenvalue weighted by atomic mass is 9.83. The SMILES string of the molecule is CC(CCC=CC1C=CC=C1)C1c2ccccc2-c2ccccc21. The summed E-state index contributed by atoms with van der Waals surface area (Å²) in [6, 6.07) is 17.9. The predicted octanol–water partition coefficient (Wildman–Crippen LogP) is 6.51. The molecule has 0 aliphatic heterocycles. The highest BCUT2D eigenvalue weighted by molar-refractivity contribution is 5.78. The molecule has 0 N–H and O–H groups in total. The molecule has 2 aromatic rings. The van der Waals surface area contributed by atoms with E-state index in [1.807, 2.05) is 0 Å². The molecule has 0 aromatic heterocycles. The van der Waals surface area contributed by atoms with Crippen molar-refractivity contribution in [2.75, 3.05) is 0 Å². The lowest BCUT2D eigenvalue weighted by molar-refractivity contribution is 0.484.